The van der Waals surface area contributed by atoms with Crippen molar-refractivity contribution in [3.8, 4) is 17.0 Å². The molecule has 2 heterocycles. The molecule has 3 aromatic rings. The maximum absolute atomic E-state index is 5.91. The molecule has 1 unspecified atom stereocenters. The minimum atomic E-state index is 0.215. The van der Waals surface area contributed by atoms with Crippen molar-refractivity contribution in [1.29, 1.82) is 0 Å². The van der Waals surface area contributed by atoms with Crippen LogP contribution in [0.5, 0.6) is 5.75 Å². The fourth-order valence-corrected chi connectivity index (χ4v) is 4.02. The molecule has 158 valence electrons. The standard InChI is InChI=1S/C24H30N4O2/c1-4-29-16-30-22-14-17(2)11-12-21(22)23-19-9-5-6-10-20(19)24(27-26-23)25-18-8-7-13-28(3)15-18/h5-6,9-12,14,18H,4,7-8,13,15-16H2,1-3H3,(H,25,27). The first kappa shape index (κ1) is 20.6. The van der Waals surface area contributed by atoms with Crippen molar-refractivity contribution in [1.82, 2.24) is 15.1 Å². The van der Waals surface area contributed by atoms with Crippen LogP contribution in [0.2, 0.25) is 0 Å². The zero-order valence-corrected chi connectivity index (χ0v) is 18.0. The van der Waals surface area contributed by atoms with Crippen LogP contribution in [0.3, 0.4) is 0 Å². The van der Waals surface area contributed by atoms with Crippen molar-refractivity contribution >= 4 is 16.6 Å². The summed E-state index contributed by atoms with van der Waals surface area (Å²) in [6.45, 7) is 7.00. The number of nitrogens with one attached hydrogen (secondary N) is 1. The normalized spacial score (nSPS) is 17.2. The van der Waals surface area contributed by atoms with Gasteiger partial charge in [0, 0.05) is 35.5 Å². The summed E-state index contributed by atoms with van der Waals surface area (Å²) in [5.74, 6) is 1.61. The predicted molar refractivity (Wildman–Crippen MR) is 121 cm³/mol. The molecule has 1 aliphatic rings. The summed E-state index contributed by atoms with van der Waals surface area (Å²) in [5.41, 5.74) is 2.87. The molecule has 0 aliphatic carbocycles. The van der Waals surface area contributed by atoms with Crippen LogP contribution >= 0.6 is 0 Å². The number of fused-ring (bicyclic) bond motifs is 1. The zero-order valence-electron chi connectivity index (χ0n) is 18.0. The second kappa shape index (κ2) is 9.41. The highest BCUT2D eigenvalue weighted by Gasteiger charge is 2.20. The van der Waals surface area contributed by atoms with Gasteiger partial charge in [-0.15, -0.1) is 10.2 Å². The average molecular weight is 407 g/mol. The number of likely N-dealkylation sites (tertiary alicyclic amines) is 1. The largest absolute Gasteiger partial charge is 0.467 e. The van der Waals surface area contributed by atoms with Crippen molar-refractivity contribution in [3.63, 3.8) is 0 Å². The molecule has 4 rings (SSSR count). The second-order valence-corrected chi connectivity index (χ2v) is 7.94. The quantitative estimate of drug-likeness (QED) is 0.461. The molecule has 0 amide bonds. The second-order valence-electron chi connectivity index (χ2n) is 7.94. The van der Waals surface area contributed by atoms with Gasteiger partial charge >= 0.3 is 0 Å². The van der Waals surface area contributed by atoms with Gasteiger partial charge in [0.15, 0.2) is 12.6 Å². The van der Waals surface area contributed by atoms with Crippen LogP contribution < -0.4 is 10.1 Å². The SMILES string of the molecule is CCOCOc1cc(C)ccc1-c1nnc(NC2CCCN(C)C2)c2ccccc12. The summed E-state index contributed by atoms with van der Waals surface area (Å²) in [7, 11) is 2.17. The Morgan fingerprint density at radius 3 is 2.77 bits per heavy atom. The van der Waals surface area contributed by atoms with Crippen molar-refractivity contribution < 1.29 is 9.47 Å². The Balaban J connectivity index is 1.71. The van der Waals surface area contributed by atoms with Gasteiger partial charge in [-0.05, 0) is 58.0 Å². The highest BCUT2D eigenvalue weighted by Crippen LogP contribution is 2.36. The molecule has 1 saturated heterocycles. The molecule has 1 fully saturated rings. The van der Waals surface area contributed by atoms with E-state index in [1.165, 1.54) is 6.42 Å². The summed E-state index contributed by atoms with van der Waals surface area (Å²) >= 11 is 0. The van der Waals surface area contributed by atoms with Crippen LogP contribution in [0.15, 0.2) is 42.5 Å². The lowest BCUT2D eigenvalue weighted by molar-refractivity contribution is 0.0227. The Bertz CT molecular complexity index is 1010. The van der Waals surface area contributed by atoms with Crippen molar-refractivity contribution in [3.05, 3.63) is 48.0 Å². The zero-order chi connectivity index (χ0) is 20.9. The number of rotatable bonds is 7. The van der Waals surface area contributed by atoms with E-state index < -0.39 is 0 Å². The third-order valence-electron chi connectivity index (χ3n) is 5.55. The van der Waals surface area contributed by atoms with E-state index in [2.05, 4.69) is 58.7 Å². The van der Waals surface area contributed by atoms with E-state index in [0.717, 1.165) is 58.7 Å². The van der Waals surface area contributed by atoms with Gasteiger partial charge in [0.2, 0.25) is 0 Å². The molecule has 1 N–H and O–H groups in total. The van der Waals surface area contributed by atoms with E-state index in [4.69, 9.17) is 9.47 Å². The smallest absolute Gasteiger partial charge is 0.189 e. The molecule has 2 aromatic carbocycles. The van der Waals surface area contributed by atoms with Crippen LogP contribution in [-0.2, 0) is 4.74 Å². The Morgan fingerprint density at radius 1 is 1.13 bits per heavy atom. The predicted octanol–water partition coefficient (Wildman–Crippen LogP) is 4.48. The number of aryl methyl sites for hydroxylation is 1. The number of piperidine rings is 1. The Morgan fingerprint density at radius 2 is 1.97 bits per heavy atom. The fourth-order valence-electron chi connectivity index (χ4n) is 4.02. The molecule has 0 spiro atoms. The Hall–Kier alpha value is -2.70. The fraction of sp³-hybridized carbons (Fsp3) is 0.417. The molecule has 30 heavy (non-hydrogen) atoms. The lowest BCUT2D eigenvalue weighted by Gasteiger charge is -2.30. The molecule has 1 aromatic heterocycles. The van der Waals surface area contributed by atoms with Crippen molar-refractivity contribution in [2.45, 2.75) is 32.7 Å². The number of anilines is 1. The molecular formula is C24H30N4O2. The van der Waals surface area contributed by atoms with Crippen LogP contribution in [0, 0.1) is 6.92 Å². The lowest BCUT2D eigenvalue weighted by atomic mass is 10.0. The van der Waals surface area contributed by atoms with Crippen molar-refractivity contribution in [2.24, 2.45) is 0 Å². The minimum absolute atomic E-state index is 0.215. The monoisotopic (exact) mass is 406 g/mol. The average Bonchev–Trinajstić information content (AvgIpc) is 2.75. The molecule has 6 nitrogen and oxygen atoms in total. The number of likely N-dealkylation sites (N-methyl/N-ethyl adjacent to an activating group) is 1. The lowest BCUT2D eigenvalue weighted by Crippen LogP contribution is -2.40. The van der Waals surface area contributed by atoms with E-state index in [-0.39, 0.29) is 6.79 Å². The minimum Gasteiger partial charge on any atom is -0.467 e. The van der Waals surface area contributed by atoms with Gasteiger partial charge in [-0.1, -0.05) is 30.3 Å². The highest BCUT2D eigenvalue weighted by molar-refractivity contribution is 6.01. The number of hydrogen-bond donors (Lipinski definition) is 1. The van der Waals surface area contributed by atoms with E-state index in [0.29, 0.717) is 12.6 Å². The first-order valence-corrected chi connectivity index (χ1v) is 10.7. The third kappa shape index (κ3) is 4.55. The molecule has 0 bridgehead atoms. The Kier molecular flexibility index (Phi) is 6.45. The van der Waals surface area contributed by atoms with E-state index >= 15 is 0 Å². The van der Waals surface area contributed by atoms with Crippen LogP contribution in [0.4, 0.5) is 5.82 Å². The molecule has 6 heteroatoms. The summed E-state index contributed by atoms with van der Waals surface area (Å²) in [5, 5.41) is 15.0. The maximum atomic E-state index is 5.91. The summed E-state index contributed by atoms with van der Waals surface area (Å²) < 4.78 is 11.3. The van der Waals surface area contributed by atoms with Gasteiger partial charge in [0.25, 0.3) is 0 Å². The maximum Gasteiger partial charge on any atom is 0.189 e. The molecule has 0 saturated carbocycles. The van der Waals surface area contributed by atoms with Gasteiger partial charge in [-0.2, -0.15) is 0 Å². The third-order valence-corrected chi connectivity index (χ3v) is 5.55. The van der Waals surface area contributed by atoms with E-state index in [9.17, 15) is 0 Å². The number of nitrogens with zero attached hydrogens (tertiary/aromatic N) is 3. The van der Waals surface area contributed by atoms with E-state index in [1.807, 2.05) is 25.1 Å². The molecule has 0 radical (unpaired) electrons. The van der Waals surface area contributed by atoms with Gasteiger partial charge in [0.1, 0.15) is 11.4 Å². The first-order valence-electron chi connectivity index (χ1n) is 10.7. The summed E-state index contributed by atoms with van der Waals surface area (Å²) in [6, 6.07) is 14.8. The summed E-state index contributed by atoms with van der Waals surface area (Å²) in [4.78, 5) is 2.36. The van der Waals surface area contributed by atoms with Crippen LogP contribution in [0.1, 0.15) is 25.3 Å². The Labute approximate surface area is 178 Å². The topological polar surface area (TPSA) is 59.5 Å². The number of ether oxygens (including phenoxy) is 2. The molecule has 1 atom stereocenters. The molecular weight excluding hydrogens is 376 g/mol. The van der Waals surface area contributed by atoms with Crippen molar-refractivity contribution in [2.75, 3.05) is 38.9 Å². The van der Waals surface area contributed by atoms with E-state index in [1.54, 1.807) is 0 Å². The number of aromatic nitrogens is 2. The first-order chi connectivity index (χ1) is 14.7. The van der Waals surface area contributed by atoms with Crippen LogP contribution in [0.25, 0.3) is 22.0 Å². The number of benzene rings is 2. The van der Waals surface area contributed by atoms with Crippen LogP contribution in [-0.4, -0.2) is 54.7 Å². The van der Waals surface area contributed by atoms with Gasteiger partial charge in [-0.25, -0.2) is 0 Å². The highest BCUT2D eigenvalue weighted by atomic mass is 16.7. The van der Waals surface area contributed by atoms with Gasteiger partial charge < -0.3 is 19.7 Å². The number of hydrogen-bond acceptors (Lipinski definition) is 6. The summed E-state index contributed by atoms with van der Waals surface area (Å²) in [6.07, 6.45) is 2.34. The van der Waals surface area contributed by atoms with Gasteiger partial charge in [-0.3, -0.25) is 0 Å². The van der Waals surface area contributed by atoms with Gasteiger partial charge in [0.05, 0.1) is 0 Å². The molecule has 1 aliphatic heterocycles.